The van der Waals surface area contributed by atoms with Crippen LogP contribution < -0.4 is 4.74 Å². The molecule has 1 aliphatic heterocycles. The number of aryl methyl sites for hydroxylation is 1. The van der Waals surface area contributed by atoms with Crippen LogP contribution >= 0.6 is 0 Å². The minimum absolute atomic E-state index is 0.455. The molecule has 168 valence electrons. The third-order valence-corrected chi connectivity index (χ3v) is 5.68. The first-order valence-electron chi connectivity index (χ1n) is 10.4. The molecule has 1 saturated heterocycles. The Bertz CT molecular complexity index is 1030. The number of hydrogen-bond donors (Lipinski definition) is 4. The van der Waals surface area contributed by atoms with Crippen LogP contribution in [0.1, 0.15) is 28.4 Å². The minimum Gasteiger partial charge on any atom is -0.454 e. The van der Waals surface area contributed by atoms with E-state index in [1.54, 1.807) is 12.4 Å². The molecule has 8 nitrogen and oxygen atoms in total. The molecule has 4 N–H and O–H groups in total. The summed E-state index contributed by atoms with van der Waals surface area (Å²) >= 11 is 0. The number of rotatable bonds is 6. The molecule has 2 heterocycles. The van der Waals surface area contributed by atoms with Gasteiger partial charge in [-0.1, -0.05) is 30.3 Å². The zero-order valence-electron chi connectivity index (χ0n) is 17.6. The average molecular weight is 438 g/mol. The summed E-state index contributed by atoms with van der Waals surface area (Å²) in [7, 11) is 0. The summed E-state index contributed by atoms with van der Waals surface area (Å²) in [5.74, 6) is 1.23. The van der Waals surface area contributed by atoms with Crippen molar-refractivity contribution in [2.75, 3.05) is 6.61 Å². The molecule has 3 aromatic rings. The Kier molecular flexibility index (Phi) is 6.78. The van der Waals surface area contributed by atoms with Crippen molar-refractivity contribution in [3.8, 4) is 11.5 Å². The highest BCUT2D eigenvalue weighted by Gasteiger charge is 2.43. The van der Waals surface area contributed by atoms with Gasteiger partial charge in [-0.25, -0.2) is 9.97 Å². The first-order valence-corrected chi connectivity index (χ1v) is 10.4. The van der Waals surface area contributed by atoms with E-state index < -0.39 is 37.1 Å². The fourth-order valence-electron chi connectivity index (χ4n) is 3.81. The molecule has 0 spiro atoms. The van der Waals surface area contributed by atoms with Gasteiger partial charge in [0.1, 0.15) is 42.6 Å². The molecule has 32 heavy (non-hydrogen) atoms. The van der Waals surface area contributed by atoms with E-state index >= 15 is 0 Å². The second-order valence-corrected chi connectivity index (χ2v) is 7.93. The van der Waals surface area contributed by atoms with Gasteiger partial charge >= 0.3 is 0 Å². The molecule has 5 atom stereocenters. The van der Waals surface area contributed by atoms with E-state index in [4.69, 9.17) is 9.47 Å². The van der Waals surface area contributed by atoms with Crippen molar-refractivity contribution < 1.29 is 29.9 Å². The molecule has 1 fully saturated rings. The molecule has 8 heteroatoms. The third kappa shape index (κ3) is 4.79. The highest BCUT2D eigenvalue weighted by molar-refractivity contribution is 5.39. The maximum absolute atomic E-state index is 10.4. The van der Waals surface area contributed by atoms with Crippen LogP contribution in [0.25, 0.3) is 0 Å². The van der Waals surface area contributed by atoms with Gasteiger partial charge in [0.2, 0.25) is 0 Å². The SMILES string of the molecule is Cc1ccc([C@@H]2O[C@H](CO)[C@@H](O)[C@H](O)[C@H]2O)cc1Cc1ccc(Oc2cncnc2)cc1. The third-order valence-electron chi connectivity index (χ3n) is 5.68. The lowest BCUT2D eigenvalue weighted by molar-refractivity contribution is -0.231. The Balaban J connectivity index is 1.50. The Morgan fingerprint density at radius 1 is 0.906 bits per heavy atom. The standard InChI is InChI=1S/C24H26N2O6/c1-14-2-5-16(24-23(30)22(29)21(28)20(12-27)32-24)9-17(14)8-15-3-6-18(7-4-15)31-19-10-25-13-26-11-19/h2-7,9-11,13,20-24,27-30H,8,12H2,1H3/t20-,21-,22+,23-,24+/m1/s1. The molecule has 1 aromatic heterocycles. The molecular formula is C24H26N2O6. The van der Waals surface area contributed by atoms with E-state index in [9.17, 15) is 20.4 Å². The van der Waals surface area contributed by atoms with Gasteiger partial charge in [0.05, 0.1) is 19.0 Å². The van der Waals surface area contributed by atoms with E-state index in [0.717, 1.165) is 16.7 Å². The lowest BCUT2D eigenvalue weighted by Gasteiger charge is -2.40. The van der Waals surface area contributed by atoms with Gasteiger partial charge < -0.3 is 29.9 Å². The highest BCUT2D eigenvalue weighted by atomic mass is 16.5. The van der Waals surface area contributed by atoms with Crippen molar-refractivity contribution in [1.82, 2.24) is 9.97 Å². The lowest BCUT2D eigenvalue weighted by atomic mass is 9.89. The Hall–Kier alpha value is -2.88. The molecule has 0 aliphatic carbocycles. The van der Waals surface area contributed by atoms with Gasteiger partial charge in [0.15, 0.2) is 5.75 Å². The van der Waals surface area contributed by atoms with E-state index in [2.05, 4.69) is 9.97 Å². The van der Waals surface area contributed by atoms with Crippen molar-refractivity contribution in [3.05, 3.63) is 83.4 Å². The lowest BCUT2D eigenvalue weighted by Crippen LogP contribution is -2.55. The zero-order chi connectivity index (χ0) is 22.7. The van der Waals surface area contributed by atoms with Crippen LogP contribution in [0.5, 0.6) is 11.5 Å². The molecule has 4 rings (SSSR count). The number of aliphatic hydroxyl groups excluding tert-OH is 4. The fourth-order valence-corrected chi connectivity index (χ4v) is 3.81. The van der Waals surface area contributed by atoms with Gasteiger partial charge in [-0.15, -0.1) is 0 Å². The van der Waals surface area contributed by atoms with Crippen LogP contribution in [0, 0.1) is 6.92 Å². The van der Waals surface area contributed by atoms with Crippen LogP contribution in [0.15, 0.2) is 61.2 Å². The molecule has 2 aromatic carbocycles. The first kappa shape index (κ1) is 22.3. The van der Waals surface area contributed by atoms with E-state index in [1.807, 2.05) is 49.4 Å². The monoisotopic (exact) mass is 438 g/mol. The van der Waals surface area contributed by atoms with Crippen LogP contribution in [0.3, 0.4) is 0 Å². The molecule has 0 amide bonds. The number of benzene rings is 2. The first-order chi connectivity index (χ1) is 15.5. The average Bonchev–Trinajstić information content (AvgIpc) is 2.81. The summed E-state index contributed by atoms with van der Waals surface area (Å²) in [6.07, 6.45) is -0.606. The number of aliphatic hydroxyl groups is 4. The van der Waals surface area contributed by atoms with Gasteiger partial charge in [-0.2, -0.15) is 0 Å². The summed E-state index contributed by atoms with van der Waals surface area (Å²) in [6.45, 7) is 1.54. The predicted octanol–water partition coefficient (Wildman–Crippen LogP) is 1.68. The van der Waals surface area contributed by atoms with E-state index in [0.29, 0.717) is 23.5 Å². The number of hydrogen-bond acceptors (Lipinski definition) is 8. The summed E-state index contributed by atoms with van der Waals surface area (Å²) in [4.78, 5) is 7.85. The molecular weight excluding hydrogens is 412 g/mol. The van der Waals surface area contributed by atoms with Crippen LogP contribution in [-0.2, 0) is 11.2 Å². The van der Waals surface area contributed by atoms with Gasteiger partial charge in [0.25, 0.3) is 0 Å². The van der Waals surface area contributed by atoms with Gasteiger partial charge in [-0.3, -0.25) is 0 Å². The fraction of sp³-hybridized carbons (Fsp3) is 0.333. The molecule has 1 aliphatic rings. The smallest absolute Gasteiger partial charge is 0.163 e. The number of nitrogens with zero attached hydrogens (tertiary/aromatic N) is 2. The van der Waals surface area contributed by atoms with Gasteiger partial charge in [0, 0.05) is 0 Å². The van der Waals surface area contributed by atoms with Crippen molar-refractivity contribution in [3.63, 3.8) is 0 Å². The van der Waals surface area contributed by atoms with E-state index in [1.165, 1.54) is 6.33 Å². The second-order valence-electron chi connectivity index (χ2n) is 7.93. The maximum Gasteiger partial charge on any atom is 0.163 e. The zero-order valence-corrected chi connectivity index (χ0v) is 17.6. The topological polar surface area (TPSA) is 125 Å². The van der Waals surface area contributed by atoms with Crippen LogP contribution in [0.4, 0.5) is 0 Å². The quantitative estimate of drug-likeness (QED) is 0.458. The normalized spacial score (nSPS) is 25.5. The predicted molar refractivity (Wildman–Crippen MR) is 115 cm³/mol. The van der Waals surface area contributed by atoms with Crippen molar-refractivity contribution >= 4 is 0 Å². The summed E-state index contributed by atoms with van der Waals surface area (Å²) in [6, 6.07) is 13.4. The number of aromatic nitrogens is 2. The summed E-state index contributed by atoms with van der Waals surface area (Å²) in [5, 5.41) is 40.0. The molecule has 0 saturated carbocycles. The second kappa shape index (κ2) is 9.72. The van der Waals surface area contributed by atoms with Gasteiger partial charge in [-0.05, 0) is 47.7 Å². The Morgan fingerprint density at radius 3 is 2.31 bits per heavy atom. The number of ether oxygens (including phenoxy) is 2. The van der Waals surface area contributed by atoms with Crippen molar-refractivity contribution in [1.29, 1.82) is 0 Å². The molecule has 0 bridgehead atoms. The van der Waals surface area contributed by atoms with Crippen molar-refractivity contribution in [2.45, 2.75) is 43.9 Å². The Morgan fingerprint density at radius 2 is 1.62 bits per heavy atom. The van der Waals surface area contributed by atoms with Crippen LogP contribution in [0.2, 0.25) is 0 Å². The largest absolute Gasteiger partial charge is 0.454 e. The van der Waals surface area contributed by atoms with E-state index in [-0.39, 0.29) is 0 Å². The summed E-state index contributed by atoms with van der Waals surface area (Å²) < 4.78 is 11.4. The Labute approximate surface area is 185 Å². The maximum atomic E-state index is 10.4. The molecule has 0 radical (unpaired) electrons. The highest BCUT2D eigenvalue weighted by Crippen LogP contribution is 2.33. The summed E-state index contributed by atoms with van der Waals surface area (Å²) in [5.41, 5.74) is 3.84. The van der Waals surface area contributed by atoms with Crippen LogP contribution in [-0.4, -0.2) is 61.4 Å². The molecule has 0 unspecified atom stereocenters. The minimum atomic E-state index is -1.40. The van der Waals surface area contributed by atoms with Crippen molar-refractivity contribution in [2.24, 2.45) is 0 Å².